The average Bonchev–Trinajstić information content (AvgIpc) is 2.91. The fraction of sp³-hybridized carbons (Fsp3) is 0.529. The SMILES string of the molecule is CCO/N=C(\C)Cn1c(CN2CCOCC2)nc2ccccc21. The van der Waals surface area contributed by atoms with Crippen LogP contribution >= 0.6 is 0 Å². The molecule has 6 nitrogen and oxygen atoms in total. The van der Waals surface area contributed by atoms with Crippen LogP contribution in [-0.4, -0.2) is 53.1 Å². The number of imidazole rings is 1. The molecule has 0 aliphatic carbocycles. The Labute approximate surface area is 136 Å². The molecule has 0 N–H and O–H groups in total. The van der Waals surface area contributed by atoms with Crippen LogP contribution in [0.4, 0.5) is 0 Å². The number of ether oxygens (including phenoxy) is 1. The lowest BCUT2D eigenvalue weighted by Crippen LogP contribution is -2.36. The number of aromatic nitrogens is 2. The summed E-state index contributed by atoms with van der Waals surface area (Å²) in [4.78, 5) is 12.4. The molecule has 6 heteroatoms. The van der Waals surface area contributed by atoms with Crippen LogP contribution in [0.5, 0.6) is 0 Å². The van der Waals surface area contributed by atoms with Crippen LogP contribution in [0.1, 0.15) is 19.7 Å². The van der Waals surface area contributed by atoms with Gasteiger partial charge in [-0.25, -0.2) is 4.98 Å². The highest BCUT2D eigenvalue weighted by atomic mass is 16.6. The van der Waals surface area contributed by atoms with Crippen LogP contribution in [0, 0.1) is 0 Å². The topological polar surface area (TPSA) is 51.9 Å². The van der Waals surface area contributed by atoms with Crippen molar-refractivity contribution in [1.82, 2.24) is 14.5 Å². The molecule has 3 rings (SSSR count). The van der Waals surface area contributed by atoms with Gasteiger partial charge >= 0.3 is 0 Å². The van der Waals surface area contributed by atoms with Crippen molar-refractivity contribution in [2.45, 2.75) is 26.9 Å². The Morgan fingerprint density at radius 2 is 2.09 bits per heavy atom. The summed E-state index contributed by atoms with van der Waals surface area (Å²) in [6, 6.07) is 8.25. The molecule has 1 aromatic heterocycles. The number of hydrogen-bond acceptors (Lipinski definition) is 5. The van der Waals surface area contributed by atoms with Gasteiger partial charge < -0.3 is 14.1 Å². The van der Waals surface area contributed by atoms with Gasteiger partial charge in [-0.1, -0.05) is 17.3 Å². The second kappa shape index (κ2) is 7.57. The van der Waals surface area contributed by atoms with Gasteiger partial charge in [-0.2, -0.15) is 0 Å². The van der Waals surface area contributed by atoms with E-state index in [1.165, 1.54) is 0 Å². The number of benzene rings is 1. The number of oxime groups is 1. The molecule has 1 aliphatic rings. The third kappa shape index (κ3) is 3.89. The van der Waals surface area contributed by atoms with Gasteiger partial charge in [-0.05, 0) is 26.0 Å². The van der Waals surface area contributed by atoms with Crippen molar-refractivity contribution in [3.63, 3.8) is 0 Å². The van der Waals surface area contributed by atoms with Gasteiger partial charge in [0, 0.05) is 13.1 Å². The summed E-state index contributed by atoms with van der Waals surface area (Å²) < 4.78 is 7.67. The van der Waals surface area contributed by atoms with Gasteiger partial charge in [-0.15, -0.1) is 0 Å². The monoisotopic (exact) mass is 316 g/mol. The zero-order chi connectivity index (χ0) is 16.1. The van der Waals surface area contributed by atoms with Gasteiger partial charge in [0.25, 0.3) is 0 Å². The van der Waals surface area contributed by atoms with Crippen molar-refractivity contribution in [1.29, 1.82) is 0 Å². The molecular formula is C17H24N4O2. The van der Waals surface area contributed by atoms with E-state index in [-0.39, 0.29) is 0 Å². The van der Waals surface area contributed by atoms with E-state index >= 15 is 0 Å². The molecule has 2 heterocycles. The average molecular weight is 316 g/mol. The number of morpholine rings is 1. The van der Waals surface area contributed by atoms with Crippen LogP contribution in [-0.2, 0) is 22.7 Å². The van der Waals surface area contributed by atoms with Crippen molar-refractivity contribution in [2.24, 2.45) is 5.16 Å². The molecule has 0 amide bonds. The molecule has 1 aromatic carbocycles. The molecule has 0 spiro atoms. The first-order valence-corrected chi connectivity index (χ1v) is 8.17. The first-order valence-electron chi connectivity index (χ1n) is 8.17. The number of hydrogen-bond donors (Lipinski definition) is 0. The predicted molar refractivity (Wildman–Crippen MR) is 90.6 cm³/mol. The first-order chi connectivity index (χ1) is 11.3. The van der Waals surface area contributed by atoms with E-state index in [4.69, 9.17) is 14.6 Å². The standard InChI is InChI=1S/C17H24N4O2/c1-3-23-19-14(2)12-21-16-7-5-4-6-15(16)18-17(21)13-20-8-10-22-11-9-20/h4-7H,3,8-13H2,1-2H3/b19-14+. The maximum atomic E-state index is 5.43. The smallest absolute Gasteiger partial charge is 0.124 e. The maximum absolute atomic E-state index is 5.43. The lowest BCUT2D eigenvalue weighted by Gasteiger charge is -2.26. The van der Waals surface area contributed by atoms with E-state index in [9.17, 15) is 0 Å². The summed E-state index contributed by atoms with van der Waals surface area (Å²) in [7, 11) is 0. The molecule has 0 unspecified atom stereocenters. The summed E-state index contributed by atoms with van der Waals surface area (Å²) in [6.45, 7) is 9.54. The minimum Gasteiger partial charge on any atom is -0.396 e. The maximum Gasteiger partial charge on any atom is 0.124 e. The van der Waals surface area contributed by atoms with Crippen LogP contribution in [0.25, 0.3) is 11.0 Å². The van der Waals surface area contributed by atoms with Crippen molar-refractivity contribution in [3.05, 3.63) is 30.1 Å². The summed E-state index contributed by atoms with van der Waals surface area (Å²) in [6.07, 6.45) is 0. The van der Waals surface area contributed by atoms with Gasteiger partial charge in [0.1, 0.15) is 12.4 Å². The molecule has 1 saturated heterocycles. The normalized spacial score (nSPS) is 16.9. The minimum absolute atomic E-state index is 0.586. The van der Waals surface area contributed by atoms with Gasteiger partial charge in [0.2, 0.25) is 0 Å². The molecule has 0 radical (unpaired) electrons. The summed E-state index contributed by atoms with van der Waals surface area (Å²) >= 11 is 0. The molecule has 0 atom stereocenters. The third-order valence-electron chi connectivity index (χ3n) is 3.94. The van der Waals surface area contributed by atoms with Crippen LogP contribution in [0.3, 0.4) is 0 Å². The highest BCUT2D eigenvalue weighted by Gasteiger charge is 2.17. The fourth-order valence-electron chi connectivity index (χ4n) is 2.81. The highest BCUT2D eigenvalue weighted by Crippen LogP contribution is 2.18. The van der Waals surface area contributed by atoms with Crippen molar-refractivity contribution in [2.75, 3.05) is 32.9 Å². The highest BCUT2D eigenvalue weighted by molar-refractivity contribution is 5.84. The lowest BCUT2D eigenvalue weighted by molar-refractivity contribution is 0.0327. The Kier molecular flexibility index (Phi) is 5.25. The Balaban J connectivity index is 1.87. The molecule has 0 saturated carbocycles. The van der Waals surface area contributed by atoms with Gasteiger partial charge in [0.05, 0.1) is 43.0 Å². The summed E-state index contributed by atoms with van der Waals surface area (Å²) in [5.74, 6) is 1.07. The predicted octanol–water partition coefficient (Wildman–Crippen LogP) is 2.28. The number of nitrogens with zero attached hydrogens (tertiary/aromatic N) is 4. The molecule has 1 fully saturated rings. The van der Waals surface area contributed by atoms with Crippen molar-refractivity contribution < 1.29 is 9.57 Å². The van der Waals surface area contributed by atoms with Gasteiger partial charge in [-0.3, -0.25) is 4.90 Å². The van der Waals surface area contributed by atoms with Crippen molar-refractivity contribution in [3.8, 4) is 0 Å². The molecule has 0 bridgehead atoms. The van der Waals surface area contributed by atoms with Crippen molar-refractivity contribution >= 4 is 16.7 Å². The lowest BCUT2D eigenvalue weighted by atomic mass is 10.3. The second-order valence-corrected chi connectivity index (χ2v) is 5.74. The van der Waals surface area contributed by atoms with E-state index in [0.717, 1.165) is 55.4 Å². The van der Waals surface area contributed by atoms with Gasteiger partial charge in [0.15, 0.2) is 0 Å². The summed E-state index contributed by atoms with van der Waals surface area (Å²) in [5.41, 5.74) is 3.11. The Bertz CT molecular complexity index is 674. The molecular weight excluding hydrogens is 292 g/mol. The Hall–Kier alpha value is -1.92. The zero-order valence-electron chi connectivity index (χ0n) is 13.9. The third-order valence-corrected chi connectivity index (χ3v) is 3.94. The fourth-order valence-corrected chi connectivity index (χ4v) is 2.81. The Morgan fingerprint density at radius 1 is 1.30 bits per heavy atom. The van der Waals surface area contributed by atoms with E-state index in [1.807, 2.05) is 26.0 Å². The number of fused-ring (bicyclic) bond motifs is 1. The second-order valence-electron chi connectivity index (χ2n) is 5.74. The molecule has 23 heavy (non-hydrogen) atoms. The van der Waals surface area contributed by atoms with E-state index in [1.54, 1.807) is 0 Å². The number of para-hydroxylation sites is 2. The minimum atomic E-state index is 0.586. The largest absolute Gasteiger partial charge is 0.396 e. The number of rotatable bonds is 6. The van der Waals surface area contributed by atoms with Crippen LogP contribution < -0.4 is 0 Å². The first kappa shape index (κ1) is 16.0. The Morgan fingerprint density at radius 3 is 2.87 bits per heavy atom. The zero-order valence-corrected chi connectivity index (χ0v) is 13.9. The van der Waals surface area contributed by atoms with E-state index in [2.05, 4.69) is 26.8 Å². The quantitative estimate of drug-likeness (QED) is 0.606. The molecule has 2 aromatic rings. The van der Waals surface area contributed by atoms with E-state index in [0.29, 0.717) is 13.2 Å². The molecule has 1 aliphatic heterocycles. The van der Waals surface area contributed by atoms with Crippen LogP contribution in [0.2, 0.25) is 0 Å². The molecule has 124 valence electrons. The van der Waals surface area contributed by atoms with E-state index < -0.39 is 0 Å². The van der Waals surface area contributed by atoms with Crippen LogP contribution in [0.15, 0.2) is 29.4 Å². The summed E-state index contributed by atoms with van der Waals surface area (Å²) in [5, 5.41) is 4.15.